The van der Waals surface area contributed by atoms with Crippen molar-refractivity contribution in [3.8, 4) is 0 Å². The van der Waals surface area contributed by atoms with Gasteiger partial charge in [0.15, 0.2) is 5.79 Å². The standard InChI is InChI=1S/C27H29BrN6O2/c1-26(2)35-21-20(34-6-5-17-23(29)31-13-32-25(17)34)12-27(22(21)36-26)10-15(11-27)7-14-3-4-16-9-18(28)24(30)33-19(16)8-14/h3-6,8-9,13,15,20-22H,7,10-12H2,1-2H3,(H2,30,33)(H2,29,31,32)/t15?,20-,21+,22+,27?/m1/s1. The zero-order valence-electron chi connectivity index (χ0n) is 20.3. The normalized spacial score (nSPS) is 30.8. The van der Waals surface area contributed by atoms with Crippen LogP contribution in [-0.4, -0.2) is 37.5 Å². The maximum atomic E-state index is 6.55. The van der Waals surface area contributed by atoms with Gasteiger partial charge in [-0.3, -0.25) is 0 Å². The monoisotopic (exact) mass is 548 g/mol. The molecule has 2 saturated carbocycles. The SMILES string of the molecule is CC1(C)O[C@H]2[C@H](n3ccc4c(N)ncnc43)CC3(CC(Cc4ccc5cc(Br)c(N)nc5c4)C3)[C@H]2O1. The maximum absolute atomic E-state index is 6.55. The third kappa shape index (κ3) is 3.36. The van der Waals surface area contributed by atoms with Crippen molar-refractivity contribution in [1.82, 2.24) is 19.5 Å². The zero-order valence-corrected chi connectivity index (χ0v) is 21.9. The minimum absolute atomic E-state index is 0.0148. The van der Waals surface area contributed by atoms with Crippen molar-refractivity contribution < 1.29 is 9.47 Å². The fraction of sp³-hybridized carbons (Fsp3) is 0.444. The maximum Gasteiger partial charge on any atom is 0.163 e. The molecule has 1 saturated heterocycles. The van der Waals surface area contributed by atoms with E-state index in [0.717, 1.165) is 52.1 Å². The van der Waals surface area contributed by atoms with E-state index < -0.39 is 5.79 Å². The Morgan fingerprint density at radius 2 is 1.89 bits per heavy atom. The van der Waals surface area contributed by atoms with Crippen LogP contribution in [0.25, 0.3) is 21.9 Å². The molecule has 3 fully saturated rings. The third-order valence-corrected chi connectivity index (χ3v) is 9.04. The Bertz CT molecular complexity index is 1510. The first-order valence-electron chi connectivity index (χ1n) is 12.5. The molecule has 0 unspecified atom stereocenters. The van der Waals surface area contributed by atoms with Gasteiger partial charge in [0.05, 0.1) is 27.5 Å². The Labute approximate surface area is 217 Å². The highest BCUT2D eigenvalue weighted by atomic mass is 79.9. The summed E-state index contributed by atoms with van der Waals surface area (Å²) < 4.78 is 16.1. The number of nitrogens with two attached hydrogens (primary N) is 2. The highest BCUT2D eigenvalue weighted by Gasteiger charge is 2.65. The number of benzene rings is 1. The first-order valence-corrected chi connectivity index (χ1v) is 13.3. The molecule has 1 aromatic carbocycles. The number of rotatable bonds is 3. The molecular weight excluding hydrogens is 520 g/mol. The molecule has 3 atom stereocenters. The molecule has 8 nitrogen and oxygen atoms in total. The number of pyridine rings is 1. The van der Waals surface area contributed by atoms with E-state index in [1.54, 1.807) is 0 Å². The summed E-state index contributed by atoms with van der Waals surface area (Å²) in [5.41, 5.74) is 15.3. The number of anilines is 2. The summed E-state index contributed by atoms with van der Waals surface area (Å²) in [5, 5.41) is 1.98. The first kappa shape index (κ1) is 22.4. The fourth-order valence-electron chi connectivity index (χ4n) is 7.00. The largest absolute Gasteiger partial charge is 0.383 e. The zero-order chi connectivity index (χ0) is 24.8. The van der Waals surface area contributed by atoms with E-state index in [4.69, 9.17) is 20.9 Å². The van der Waals surface area contributed by atoms with Crippen LogP contribution in [0.1, 0.15) is 44.7 Å². The average Bonchev–Trinajstić information content (AvgIpc) is 3.45. The van der Waals surface area contributed by atoms with Gasteiger partial charge in [0.1, 0.15) is 29.7 Å². The Morgan fingerprint density at radius 1 is 1.06 bits per heavy atom. The summed E-state index contributed by atoms with van der Waals surface area (Å²) in [5.74, 6) is 1.04. The van der Waals surface area contributed by atoms with E-state index in [2.05, 4.69) is 59.8 Å². The van der Waals surface area contributed by atoms with E-state index >= 15 is 0 Å². The number of fused-ring (bicyclic) bond motifs is 4. The number of hydrogen-bond donors (Lipinski definition) is 2. The number of halogens is 1. The Morgan fingerprint density at radius 3 is 2.72 bits per heavy atom. The van der Waals surface area contributed by atoms with E-state index in [-0.39, 0.29) is 23.7 Å². The lowest BCUT2D eigenvalue weighted by Crippen LogP contribution is -2.46. The smallest absolute Gasteiger partial charge is 0.163 e. The first-order chi connectivity index (χ1) is 17.2. The third-order valence-electron chi connectivity index (χ3n) is 8.40. The molecule has 4 N–H and O–H groups in total. The summed E-state index contributed by atoms with van der Waals surface area (Å²) >= 11 is 3.47. The second-order valence-corrected chi connectivity index (χ2v) is 12.1. The quantitative estimate of drug-likeness (QED) is 0.369. The van der Waals surface area contributed by atoms with E-state index in [9.17, 15) is 0 Å². The van der Waals surface area contributed by atoms with Crippen molar-refractivity contribution >= 4 is 49.5 Å². The molecule has 4 heterocycles. The molecule has 0 radical (unpaired) electrons. The second-order valence-electron chi connectivity index (χ2n) is 11.2. The molecule has 4 aromatic rings. The van der Waals surface area contributed by atoms with Gasteiger partial charge in [-0.1, -0.05) is 12.1 Å². The van der Waals surface area contributed by atoms with Crippen LogP contribution in [0, 0.1) is 11.3 Å². The number of aromatic nitrogens is 4. The van der Waals surface area contributed by atoms with Gasteiger partial charge in [0, 0.05) is 17.0 Å². The minimum atomic E-state index is -0.596. The van der Waals surface area contributed by atoms with Gasteiger partial charge < -0.3 is 25.5 Å². The lowest BCUT2D eigenvalue weighted by molar-refractivity contribution is -0.181. The summed E-state index contributed by atoms with van der Waals surface area (Å²) in [4.78, 5) is 13.3. The van der Waals surface area contributed by atoms with Gasteiger partial charge in [0.25, 0.3) is 0 Å². The summed E-state index contributed by atoms with van der Waals surface area (Å²) in [7, 11) is 0. The summed E-state index contributed by atoms with van der Waals surface area (Å²) in [6.45, 7) is 4.04. The van der Waals surface area contributed by atoms with Crippen molar-refractivity contribution in [3.63, 3.8) is 0 Å². The molecule has 1 aliphatic heterocycles. The molecule has 9 heteroatoms. The molecular formula is C27H29BrN6O2. The van der Waals surface area contributed by atoms with Crippen molar-refractivity contribution in [3.05, 3.63) is 52.9 Å². The Hall–Kier alpha value is -2.75. The highest BCUT2D eigenvalue weighted by Crippen LogP contribution is 2.64. The van der Waals surface area contributed by atoms with E-state index in [1.807, 2.05) is 26.0 Å². The lowest BCUT2D eigenvalue weighted by Gasteiger charge is -2.49. The highest BCUT2D eigenvalue weighted by molar-refractivity contribution is 9.10. The van der Waals surface area contributed by atoms with Gasteiger partial charge >= 0.3 is 0 Å². The number of nitrogen functional groups attached to an aromatic ring is 2. The molecule has 1 spiro atoms. The van der Waals surface area contributed by atoms with E-state index in [0.29, 0.717) is 17.6 Å². The van der Waals surface area contributed by atoms with Crippen molar-refractivity contribution in [2.24, 2.45) is 11.3 Å². The van der Waals surface area contributed by atoms with E-state index in [1.165, 1.54) is 11.9 Å². The fourth-order valence-corrected chi connectivity index (χ4v) is 7.34. The number of nitrogens with zero attached hydrogens (tertiary/aromatic N) is 4. The molecule has 3 aromatic heterocycles. The lowest BCUT2D eigenvalue weighted by atomic mass is 9.58. The van der Waals surface area contributed by atoms with Gasteiger partial charge in [-0.05, 0) is 85.1 Å². The van der Waals surface area contributed by atoms with Crippen molar-refractivity contribution in [2.45, 2.75) is 63.6 Å². The topological polar surface area (TPSA) is 114 Å². The van der Waals surface area contributed by atoms with Crippen LogP contribution < -0.4 is 11.5 Å². The van der Waals surface area contributed by atoms with Crippen LogP contribution >= 0.6 is 15.9 Å². The summed E-state index contributed by atoms with van der Waals surface area (Å²) in [6.07, 6.45) is 7.94. The predicted octanol–water partition coefficient (Wildman–Crippen LogP) is 5.01. The molecule has 2 aliphatic carbocycles. The molecule has 0 bridgehead atoms. The molecule has 36 heavy (non-hydrogen) atoms. The predicted molar refractivity (Wildman–Crippen MR) is 142 cm³/mol. The van der Waals surface area contributed by atoms with Crippen molar-refractivity contribution in [2.75, 3.05) is 11.5 Å². The van der Waals surface area contributed by atoms with Crippen LogP contribution in [0.4, 0.5) is 11.6 Å². The molecule has 0 amide bonds. The second kappa shape index (κ2) is 7.63. The Kier molecular flexibility index (Phi) is 4.76. The van der Waals surface area contributed by atoms with Crippen LogP contribution in [-0.2, 0) is 15.9 Å². The van der Waals surface area contributed by atoms with Crippen LogP contribution in [0.5, 0.6) is 0 Å². The average molecular weight is 549 g/mol. The van der Waals surface area contributed by atoms with Crippen molar-refractivity contribution in [1.29, 1.82) is 0 Å². The van der Waals surface area contributed by atoms with Gasteiger partial charge in [-0.25, -0.2) is 15.0 Å². The van der Waals surface area contributed by atoms with Gasteiger partial charge in [-0.15, -0.1) is 0 Å². The number of ether oxygens (including phenoxy) is 2. The Balaban J connectivity index is 1.15. The molecule has 7 rings (SSSR count). The van der Waals surface area contributed by atoms with Gasteiger partial charge in [0.2, 0.25) is 0 Å². The number of hydrogen-bond acceptors (Lipinski definition) is 7. The molecule has 186 valence electrons. The van der Waals surface area contributed by atoms with Gasteiger partial charge in [-0.2, -0.15) is 0 Å². The minimum Gasteiger partial charge on any atom is -0.383 e. The molecule has 3 aliphatic rings. The van der Waals surface area contributed by atoms with Crippen LogP contribution in [0.2, 0.25) is 0 Å². The van der Waals surface area contributed by atoms with Crippen LogP contribution in [0.15, 0.2) is 47.3 Å². The summed E-state index contributed by atoms with van der Waals surface area (Å²) in [6, 6.07) is 10.7. The van der Waals surface area contributed by atoms with Crippen LogP contribution in [0.3, 0.4) is 0 Å².